The van der Waals surface area contributed by atoms with Gasteiger partial charge in [-0.1, -0.05) is 11.6 Å². The fourth-order valence-corrected chi connectivity index (χ4v) is 1.95. The lowest BCUT2D eigenvalue weighted by Gasteiger charge is -2.02. The van der Waals surface area contributed by atoms with Crippen LogP contribution in [0.2, 0.25) is 5.02 Å². The van der Waals surface area contributed by atoms with Crippen LogP contribution in [0.25, 0.3) is 5.69 Å². The van der Waals surface area contributed by atoms with Crippen molar-refractivity contribution in [1.29, 1.82) is 0 Å². The number of halogens is 2. The van der Waals surface area contributed by atoms with Crippen molar-refractivity contribution in [1.82, 2.24) is 13.9 Å². The van der Waals surface area contributed by atoms with E-state index in [0.29, 0.717) is 0 Å². The third-order valence-electron chi connectivity index (χ3n) is 2.54. The van der Waals surface area contributed by atoms with Crippen LogP contribution in [0.5, 0.6) is 0 Å². The molecule has 0 saturated heterocycles. The Morgan fingerprint density at radius 2 is 1.94 bits per heavy atom. The second kappa shape index (κ2) is 4.12. The maximum atomic E-state index is 13.7. The van der Waals surface area contributed by atoms with E-state index >= 15 is 0 Å². The zero-order valence-electron chi connectivity index (χ0n) is 9.15. The van der Waals surface area contributed by atoms with E-state index in [1.54, 1.807) is 14.1 Å². The quantitative estimate of drug-likeness (QED) is 0.745. The van der Waals surface area contributed by atoms with Gasteiger partial charge in [0.15, 0.2) is 0 Å². The molecule has 1 heterocycles. The smallest absolute Gasteiger partial charge is 0.259 e. The van der Waals surface area contributed by atoms with E-state index in [2.05, 4.69) is 0 Å². The number of benzene rings is 1. The molecule has 4 nitrogen and oxygen atoms in total. The molecule has 1 aromatic carbocycles. The van der Waals surface area contributed by atoms with E-state index in [1.165, 1.54) is 21.5 Å². The van der Waals surface area contributed by atoms with Gasteiger partial charge in [0.25, 0.3) is 0 Å². The van der Waals surface area contributed by atoms with Gasteiger partial charge in [-0.3, -0.25) is 4.68 Å². The fraction of sp³-hybridized carbons (Fsp3) is 0.200. The highest BCUT2D eigenvalue weighted by atomic mass is 35.5. The Balaban J connectivity index is 2.83. The van der Waals surface area contributed by atoms with Crippen molar-refractivity contribution in [2.24, 2.45) is 14.1 Å². The molecule has 1 aromatic heterocycles. The largest absolute Gasteiger partial charge is 0.349 e. The maximum absolute atomic E-state index is 13.7. The van der Waals surface area contributed by atoms with Crippen molar-refractivity contribution in [3.05, 3.63) is 44.3 Å². The first-order valence-electron chi connectivity index (χ1n) is 4.74. The highest BCUT2D eigenvalue weighted by molar-refractivity contribution is 7.71. The van der Waals surface area contributed by atoms with Gasteiger partial charge in [0, 0.05) is 19.1 Å². The van der Waals surface area contributed by atoms with Crippen molar-refractivity contribution in [2.75, 3.05) is 0 Å². The van der Waals surface area contributed by atoms with Gasteiger partial charge in [0.1, 0.15) is 5.82 Å². The van der Waals surface area contributed by atoms with Crippen LogP contribution in [0.15, 0.2) is 23.0 Å². The van der Waals surface area contributed by atoms with Crippen LogP contribution in [0, 0.1) is 10.6 Å². The standard InChI is InChI=1S/C10H9ClFN3OS/c1-13-9(16)15(10(17)14(13)2)8-4-3-6(11)5-7(8)12/h3-5H,1-2H3. The molecule has 0 aliphatic rings. The van der Waals surface area contributed by atoms with E-state index in [9.17, 15) is 9.18 Å². The average molecular weight is 274 g/mol. The Labute approximate surface area is 106 Å². The van der Waals surface area contributed by atoms with E-state index in [-0.39, 0.29) is 15.5 Å². The number of hydrogen-bond acceptors (Lipinski definition) is 2. The van der Waals surface area contributed by atoms with E-state index in [0.717, 1.165) is 10.6 Å². The molecule has 0 fully saturated rings. The van der Waals surface area contributed by atoms with Crippen LogP contribution in [0.1, 0.15) is 0 Å². The molecule has 0 saturated carbocycles. The summed E-state index contributed by atoms with van der Waals surface area (Å²) in [4.78, 5) is 11.9. The van der Waals surface area contributed by atoms with Crippen molar-refractivity contribution in [3.8, 4) is 5.69 Å². The van der Waals surface area contributed by atoms with Gasteiger partial charge >= 0.3 is 5.69 Å². The lowest BCUT2D eigenvalue weighted by molar-refractivity contribution is 0.573. The van der Waals surface area contributed by atoms with Crippen molar-refractivity contribution in [3.63, 3.8) is 0 Å². The molecule has 0 amide bonds. The molecular formula is C10H9ClFN3OS. The highest BCUT2D eigenvalue weighted by Gasteiger charge is 2.13. The molecule has 90 valence electrons. The van der Waals surface area contributed by atoms with Gasteiger partial charge in [0.2, 0.25) is 4.77 Å². The first-order chi connectivity index (χ1) is 7.93. The predicted molar refractivity (Wildman–Crippen MR) is 65.8 cm³/mol. The van der Waals surface area contributed by atoms with Crippen LogP contribution >= 0.6 is 23.8 Å². The molecular weight excluding hydrogens is 265 g/mol. The SMILES string of the molecule is Cn1c(=O)n(-c2ccc(Cl)cc2F)c(=S)n1C. The molecule has 0 aliphatic carbocycles. The minimum absolute atomic E-state index is 0.0978. The summed E-state index contributed by atoms with van der Waals surface area (Å²) >= 11 is 10.7. The van der Waals surface area contributed by atoms with Gasteiger partial charge in [-0.05, 0) is 30.4 Å². The average Bonchev–Trinajstić information content (AvgIpc) is 2.45. The summed E-state index contributed by atoms with van der Waals surface area (Å²) in [6.07, 6.45) is 0. The lowest BCUT2D eigenvalue weighted by Crippen LogP contribution is -2.23. The second-order valence-corrected chi connectivity index (χ2v) is 4.35. The van der Waals surface area contributed by atoms with Gasteiger partial charge in [0.05, 0.1) is 5.69 Å². The van der Waals surface area contributed by atoms with Crippen LogP contribution in [0.4, 0.5) is 4.39 Å². The minimum Gasteiger partial charge on any atom is -0.259 e. The molecule has 7 heteroatoms. The zero-order valence-corrected chi connectivity index (χ0v) is 10.7. The molecule has 0 unspecified atom stereocenters. The number of aromatic nitrogens is 3. The van der Waals surface area contributed by atoms with Crippen LogP contribution < -0.4 is 5.69 Å². The fourth-order valence-electron chi connectivity index (χ4n) is 1.50. The summed E-state index contributed by atoms with van der Waals surface area (Å²) in [5, 5.41) is 0.269. The first kappa shape index (κ1) is 12.1. The van der Waals surface area contributed by atoms with Gasteiger partial charge < -0.3 is 0 Å². The second-order valence-electron chi connectivity index (χ2n) is 3.54. The van der Waals surface area contributed by atoms with Crippen LogP contribution in [-0.4, -0.2) is 13.9 Å². The Hall–Kier alpha value is -1.40. The summed E-state index contributed by atoms with van der Waals surface area (Å²) in [7, 11) is 3.19. The molecule has 0 radical (unpaired) electrons. The van der Waals surface area contributed by atoms with E-state index in [4.69, 9.17) is 23.8 Å². The summed E-state index contributed by atoms with van der Waals surface area (Å²) in [5.74, 6) is -0.586. The Bertz CT molecular complexity index is 667. The first-order valence-corrected chi connectivity index (χ1v) is 5.52. The Morgan fingerprint density at radius 3 is 2.41 bits per heavy atom. The van der Waals surface area contributed by atoms with Crippen LogP contribution in [-0.2, 0) is 14.1 Å². The Kier molecular flexibility index (Phi) is 2.92. The normalized spacial score (nSPS) is 10.8. The molecule has 0 spiro atoms. The van der Waals surface area contributed by atoms with Gasteiger partial charge in [-0.15, -0.1) is 0 Å². The number of rotatable bonds is 1. The molecule has 0 atom stereocenters. The van der Waals surface area contributed by atoms with Crippen molar-refractivity contribution >= 4 is 23.8 Å². The monoisotopic (exact) mass is 273 g/mol. The minimum atomic E-state index is -0.586. The van der Waals surface area contributed by atoms with Crippen molar-refractivity contribution in [2.45, 2.75) is 0 Å². The molecule has 2 rings (SSSR count). The molecule has 0 N–H and O–H groups in total. The Morgan fingerprint density at radius 1 is 1.29 bits per heavy atom. The molecule has 0 aliphatic heterocycles. The summed E-state index contributed by atoms with van der Waals surface area (Å²) in [6.45, 7) is 0. The van der Waals surface area contributed by atoms with Gasteiger partial charge in [-0.2, -0.15) is 0 Å². The third kappa shape index (κ3) is 1.83. The van der Waals surface area contributed by atoms with Gasteiger partial charge in [-0.25, -0.2) is 18.4 Å². The topological polar surface area (TPSA) is 31.9 Å². The highest BCUT2D eigenvalue weighted by Crippen LogP contribution is 2.17. The van der Waals surface area contributed by atoms with E-state index < -0.39 is 11.5 Å². The third-order valence-corrected chi connectivity index (χ3v) is 3.22. The number of nitrogens with zero attached hydrogens (tertiary/aromatic N) is 3. The molecule has 2 aromatic rings. The predicted octanol–water partition coefficient (Wildman–Crippen LogP) is 2.04. The van der Waals surface area contributed by atoms with E-state index in [1.807, 2.05) is 0 Å². The van der Waals surface area contributed by atoms with Crippen LogP contribution in [0.3, 0.4) is 0 Å². The summed E-state index contributed by atoms with van der Waals surface area (Å²) in [6, 6.07) is 4.08. The zero-order chi connectivity index (χ0) is 12.7. The summed E-state index contributed by atoms with van der Waals surface area (Å²) in [5.41, 5.74) is -0.306. The molecule has 0 bridgehead atoms. The maximum Gasteiger partial charge on any atom is 0.349 e. The number of hydrogen-bond donors (Lipinski definition) is 0. The summed E-state index contributed by atoms with van der Waals surface area (Å²) < 4.78 is 17.8. The molecule has 17 heavy (non-hydrogen) atoms. The van der Waals surface area contributed by atoms with Crippen molar-refractivity contribution < 1.29 is 4.39 Å². The lowest BCUT2D eigenvalue weighted by atomic mass is 10.3.